The third-order valence-electron chi connectivity index (χ3n) is 8.09. The summed E-state index contributed by atoms with van der Waals surface area (Å²) < 4.78 is 67.8. The average Bonchev–Trinajstić information content (AvgIpc) is 3.50. The van der Waals surface area contributed by atoms with E-state index in [9.17, 15) is 26.7 Å². The first-order valence-electron chi connectivity index (χ1n) is 15.3. The molecule has 2 aliphatic rings. The highest BCUT2D eigenvalue weighted by Gasteiger charge is 2.38. The predicted molar refractivity (Wildman–Crippen MR) is 171 cm³/mol. The number of rotatable bonds is 9. The zero-order valence-corrected chi connectivity index (χ0v) is 27.0. The highest BCUT2D eigenvalue weighted by Crippen LogP contribution is 2.32. The van der Waals surface area contributed by atoms with Gasteiger partial charge < -0.3 is 25.0 Å². The zero-order valence-electron chi connectivity index (χ0n) is 26.3. The van der Waals surface area contributed by atoms with Crippen molar-refractivity contribution >= 4 is 40.6 Å². The van der Waals surface area contributed by atoms with Crippen molar-refractivity contribution in [3.8, 4) is 23.1 Å². The Labute approximate surface area is 287 Å². The van der Waals surface area contributed by atoms with Gasteiger partial charge in [0.25, 0.3) is 5.91 Å². The van der Waals surface area contributed by atoms with Gasteiger partial charge in [-0.3, -0.25) is 14.1 Å². The van der Waals surface area contributed by atoms with Crippen LogP contribution in [0.15, 0.2) is 48.9 Å². The lowest BCUT2D eigenvalue weighted by Crippen LogP contribution is -2.51. The molecule has 0 saturated carbocycles. The molecular weight excluding hydrogens is 691 g/mol. The molecule has 0 bridgehead atoms. The van der Waals surface area contributed by atoms with Crippen LogP contribution >= 0.6 is 11.6 Å². The Hall–Kier alpha value is -5.05. The summed E-state index contributed by atoms with van der Waals surface area (Å²) >= 11 is 6.57. The summed E-state index contributed by atoms with van der Waals surface area (Å²) in [6.07, 6.45) is 0.701. The topological polar surface area (TPSA) is 139 Å². The molecule has 1 amide bonds. The molecule has 12 nitrogen and oxygen atoms in total. The Balaban J connectivity index is 0.000000630. The number of carbonyl (C=O) groups excluding carboxylic acids is 1. The fraction of sp³-hybridized carbons (Fsp3) is 0.344. The number of nitrogens with zero attached hydrogens (tertiary/aromatic N) is 7. The van der Waals surface area contributed by atoms with Crippen LogP contribution in [0.3, 0.4) is 0 Å². The second-order valence-electron chi connectivity index (χ2n) is 11.3. The molecule has 4 heterocycles. The number of aromatic nitrogens is 3. The number of imidazole rings is 1. The van der Waals surface area contributed by atoms with Gasteiger partial charge in [0.15, 0.2) is 29.6 Å². The van der Waals surface area contributed by atoms with E-state index >= 15 is 0 Å². The lowest BCUT2D eigenvalue weighted by molar-refractivity contribution is -0.192. The Kier molecular flexibility index (Phi) is 11.3. The number of benzene rings is 2. The molecule has 50 heavy (non-hydrogen) atoms. The van der Waals surface area contributed by atoms with Gasteiger partial charge in [-0.15, -0.1) is 0 Å². The summed E-state index contributed by atoms with van der Waals surface area (Å²) in [5, 5.41) is 19.2. The van der Waals surface area contributed by atoms with Crippen LogP contribution in [-0.2, 0) is 4.79 Å². The van der Waals surface area contributed by atoms with E-state index in [1.807, 2.05) is 4.90 Å². The van der Waals surface area contributed by atoms with Crippen molar-refractivity contribution in [1.29, 1.82) is 5.26 Å². The number of alkyl halides is 3. The molecule has 6 rings (SSSR count). The number of hydrogen-bond acceptors (Lipinski definition) is 9. The molecule has 2 aliphatic heterocycles. The minimum absolute atomic E-state index is 0.0330. The molecule has 0 radical (unpaired) electrons. The van der Waals surface area contributed by atoms with Crippen LogP contribution in [0.25, 0.3) is 16.9 Å². The number of ether oxygens (including phenoxy) is 1. The van der Waals surface area contributed by atoms with Crippen LogP contribution in [0, 0.1) is 23.0 Å². The predicted octanol–water partition coefficient (Wildman–Crippen LogP) is 5.07. The van der Waals surface area contributed by atoms with Crippen LogP contribution in [0.1, 0.15) is 16.8 Å². The van der Waals surface area contributed by atoms with Gasteiger partial charge in [0.05, 0.1) is 22.5 Å². The monoisotopic (exact) mass is 720 g/mol. The molecule has 264 valence electrons. The van der Waals surface area contributed by atoms with Gasteiger partial charge >= 0.3 is 12.1 Å². The number of hydrogen-bond donors (Lipinski definition) is 2. The fourth-order valence-corrected chi connectivity index (χ4v) is 5.56. The summed E-state index contributed by atoms with van der Waals surface area (Å²) in [5.41, 5.74) is 1.64. The molecule has 0 atom stereocenters. The number of carbonyl (C=O) groups is 2. The number of nitriles is 1. The van der Waals surface area contributed by atoms with E-state index in [1.165, 1.54) is 44.0 Å². The van der Waals surface area contributed by atoms with E-state index in [4.69, 9.17) is 31.5 Å². The van der Waals surface area contributed by atoms with E-state index in [1.54, 1.807) is 34.9 Å². The molecule has 18 heteroatoms. The number of piperazine rings is 1. The highest BCUT2D eigenvalue weighted by molar-refractivity contribution is 6.34. The quantitative estimate of drug-likeness (QED) is 0.225. The minimum atomic E-state index is -5.08. The van der Waals surface area contributed by atoms with Crippen molar-refractivity contribution in [2.45, 2.75) is 12.6 Å². The van der Waals surface area contributed by atoms with Gasteiger partial charge in [-0.2, -0.15) is 22.8 Å². The smallest absolute Gasteiger partial charge is 0.476 e. The second-order valence-corrected chi connectivity index (χ2v) is 11.7. The van der Waals surface area contributed by atoms with Crippen LogP contribution in [0.5, 0.6) is 5.75 Å². The zero-order chi connectivity index (χ0) is 36.0. The maximum Gasteiger partial charge on any atom is 0.490 e. The van der Waals surface area contributed by atoms with Gasteiger partial charge in [0.1, 0.15) is 6.07 Å². The number of aliphatic carboxylic acids is 1. The Morgan fingerprint density at radius 2 is 1.68 bits per heavy atom. The molecule has 2 fully saturated rings. The van der Waals surface area contributed by atoms with Crippen molar-refractivity contribution in [2.24, 2.45) is 0 Å². The number of likely N-dealkylation sites (tertiary alicyclic amines) is 1. The fourth-order valence-electron chi connectivity index (χ4n) is 5.29. The van der Waals surface area contributed by atoms with Crippen molar-refractivity contribution in [1.82, 2.24) is 29.1 Å². The summed E-state index contributed by atoms with van der Waals surface area (Å²) in [4.78, 5) is 37.6. The maximum absolute atomic E-state index is 14.9. The van der Waals surface area contributed by atoms with E-state index in [-0.39, 0.29) is 17.2 Å². The number of amides is 1. The van der Waals surface area contributed by atoms with Crippen LogP contribution in [-0.4, -0.2) is 111 Å². The van der Waals surface area contributed by atoms with Crippen LogP contribution in [0.2, 0.25) is 5.02 Å². The van der Waals surface area contributed by atoms with Crippen molar-refractivity contribution in [3.63, 3.8) is 0 Å². The Morgan fingerprint density at radius 3 is 2.28 bits per heavy atom. The number of halogens is 6. The van der Waals surface area contributed by atoms with E-state index in [0.717, 1.165) is 26.2 Å². The SMILES string of the molecule is N#CCOc1ccc(-c2cnc3c(Nc4ccc(C(=O)N5CCN(CCN6CCC6)CC5)c(Cl)c4)nccn23)c(F)c1F.O=C(O)C(F)(F)F. The molecule has 0 aliphatic carbocycles. The van der Waals surface area contributed by atoms with Crippen LogP contribution in [0.4, 0.5) is 33.5 Å². The first kappa shape index (κ1) is 36.2. The van der Waals surface area contributed by atoms with Gasteiger partial charge in [-0.05, 0) is 49.8 Å². The molecule has 2 aromatic heterocycles. The third kappa shape index (κ3) is 8.38. The molecule has 0 spiro atoms. The lowest BCUT2D eigenvalue weighted by atomic mass is 10.1. The van der Waals surface area contributed by atoms with Gasteiger partial charge in [0.2, 0.25) is 5.82 Å². The second kappa shape index (κ2) is 15.7. The molecular formula is C32H30ClF5N8O4. The van der Waals surface area contributed by atoms with E-state index in [2.05, 4.69) is 25.1 Å². The Bertz CT molecular complexity index is 1910. The first-order chi connectivity index (χ1) is 23.9. The van der Waals surface area contributed by atoms with Crippen molar-refractivity contribution in [2.75, 3.05) is 64.3 Å². The molecule has 4 aromatic rings. The summed E-state index contributed by atoms with van der Waals surface area (Å²) in [6.45, 7) is 7.08. The number of fused-ring (bicyclic) bond motifs is 1. The first-order valence-corrected chi connectivity index (χ1v) is 15.7. The van der Waals surface area contributed by atoms with Crippen LogP contribution < -0.4 is 10.1 Å². The molecule has 2 N–H and O–H groups in total. The number of anilines is 2. The third-order valence-corrected chi connectivity index (χ3v) is 8.40. The summed E-state index contributed by atoms with van der Waals surface area (Å²) in [5.74, 6) is -5.16. The maximum atomic E-state index is 14.9. The van der Waals surface area contributed by atoms with Crippen molar-refractivity contribution in [3.05, 3.63) is 71.1 Å². The molecule has 0 unspecified atom stereocenters. The lowest BCUT2D eigenvalue weighted by Gasteiger charge is -2.37. The number of nitrogens with one attached hydrogen (secondary N) is 1. The molecule has 2 saturated heterocycles. The van der Waals surface area contributed by atoms with Gasteiger partial charge in [0, 0.05) is 62.9 Å². The normalized spacial score (nSPS) is 15.1. The largest absolute Gasteiger partial charge is 0.490 e. The van der Waals surface area contributed by atoms with Gasteiger partial charge in [-0.25, -0.2) is 19.2 Å². The van der Waals surface area contributed by atoms with E-state index in [0.29, 0.717) is 46.5 Å². The van der Waals surface area contributed by atoms with Crippen molar-refractivity contribution < 1.29 is 41.4 Å². The van der Waals surface area contributed by atoms with Gasteiger partial charge in [-0.1, -0.05) is 11.6 Å². The number of carboxylic acids is 1. The summed E-state index contributed by atoms with van der Waals surface area (Å²) in [6, 6.07) is 9.44. The highest BCUT2D eigenvalue weighted by atomic mass is 35.5. The Morgan fingerprint density at radius 1 is 1.00 bits per heavy atom. The minimum Gasteiger partial charge on any atom is -0.476 e. The van der Waals surface area contributed by atoms with E-state index < -0.39 is 30.4 Å². The standard InChI is InChI=1S/C30H29ClF2N8O2.C2HF3O2/c31-23-18-20(2-3-21(23)30(42)40-15-13-39(14-16-40)12-11-38-8-1-9-38)37-28-29-36-19-24(41(29)10-7-35-28)22-4-5-25(43-17-6-34)27(33)26(22)32;3-2(4,5)1(6)7/h2-5,7,10,18-19H,1,8-9,11-17H2,(H,35,37);(H,6,7). The molecule has 2 aromatic carbocycles. The summed E-state index contributed by atoms with van der Waals surface area (Å²) in [7, 11) is 0. The number of carboxylic acid groups (broad SMARTS) is 1. The average molecular weight is 721 g/mol.